The van der Waals surface area contributed by atoms with Crippen molar-refractivity contribution in [3.63, 3.8) is 0 Å². The van der Waals surface area contributed by atoms with Crippen LogP contribution in [0.15, 0.2) is 24.8 Å². The monoisotopic (exact) mass is 426 g/mol. The second-order valence-electron chi connectivity index (χ2n) is 4.75. The van der Waals surface area contributed by atoms with Gasteiger partial charge in [0.05, 0.1) is 10.0 Å². The van der Waals surface area contributed by atoms with Crippen molar-refractivity contribution in [2.45, 2.75) is 23.7 Å². The molecule has 0 fully saturated rings. The number of aromatic nitrogens is 4. The van der Waals surface area contributed by atoms with Crippen molar-refractivity contribution < 1.29 is 35.1 Å². The molecule has 0 bridgehead atoms. The normalized spacial score (nSPS) is 13.8. The predicted octanol–water partition coefficient (Wildman–Crippen LogP) is 4.73. The molecule has 0 unspecified atom stereocenters. The van der Waals surface area contributed by atoms with Gasteiger partial charge in [0.25, 0.3) is 0 Å². The lowest BCUT2D eigenvalue weighted by molar-refractivity contribution is -0.377. The highest BCUT2D eigenvalue weighted by Crippen LogP contribution is 2.58. The Hall–Kier alpha value is -1.82. The van der Waals surface area contributed by atoms with Crippen molar-refractivity contribution >= 4 is 23.2 Å². The van der Waals surface area contributed by atoms with Crippen LogP contribution in [-0.2, 0) is 11.8 Å². The molecule has 0 aliphatic rings. The van der Waals surface area contributed by atoms with E-state index in [-0.39, 0.29) is 10.0 Å². The van der Waals surface area contributed by atoms with Crippen LogP contribution in [0.4, 0.5) is 35.1 Å². The number of alkyl halides is 8. The summed E-state index contributed by atoms with van der Waals surface area (Å²) in [5, 5.41) is -0.751. The highest BCUT2D eigenvalue weighted by molar-refractivity contribution is 6.30. The molecule has 2 aromatic rings. The lowest BCUT2D eigenvalue weighted by Crippen LogP contribution is -2.60. The lowest BCUT2D eigenvalue weighted by atomic mass is 9.97. The van der Waals surface area contributed by atoms with E-state index >= 15 is 0 Å². The van der Waals surface area contributed by atoms with Gasteiger partial charge in [0.2, 0.25) is 11.6 Å². The number of nitrogens with zero attached hydrogens (tertiary/aromatic N) is 4. The van der Waals surface area contributed by atoms with Crippen molar-refractivity contribution in [3.8, 4) is 0 Å². The van der Waals surface area contributed by atoms with Gasteiger partial charge < -0.3 is 0 Å². The highest BCUT2D eigenvalue weighted by Gasteiger charge is 2.83. The molecule has 0 saturated heterocycles. The second-order valence-corrected chi connectivity index (χ2v) is 5.62. The largest absolute Gasteiger partial charge is 0.386 e. The second kappa shape index (κ2) is 6.41. The third-order valence-electron chi connectivity index (χ3n) is 2.99. The van der Waals surface area contributed by atoms with Crippen LogP contribution in [-0.4, -0.2) is 31.8 Å². The Labute approximate surface area is 149 Å². The Morgan fingerprint density at radius 3 is 1.00 bits per heavy atom. The lowest BCUT2D eigenvalue weighted by Gasteiger charge is -2.35. The van der Waals surface area contributed by atoms with Crippen molar-refractivity contribution in [2.75, 3.05) is 0 Å². The van der Waals surface area contributed by atoms with Gasteiger partial charge in [-0.25, -0.2) is 19.9 Å². The van der Waals surface area contributed by atoms with E-state index in [1.54, 1.807) is 0 Å². The molecule has 26 heavy (non-hydrogen) atoms. The third kappa shape index (κ3) is 3.04. The first-order chi connectivity index (χ1) is 11.7. The van der Waals surface area contributed by atoms with Crippen LogP contribution in [0.1, 0.15) is 11.6 Å². The molecule has 0 aromatic carbocycles. The first-order valence-electron chi connectivity index (χ1n) is 6.22. The van der Waals surface area contributed by atoms with E-state index < -0.39 is 35.3 Å². The van der Waals surface area contributed by atoms with Crippen molar-refractivity contribution in [1.82, 2.24) is 19.9 Å². The van der Waals surface area contributed by atoms with Gasteiger partial charge in [-0.1, -0.05) is 23.2 Å². The molecule has 4 nitrogen and oxygen atoms in total. The fourth-order valence-electron chi connectivity index (χ4n) is 1.62. The summed E-state index contributed by atoms with van der Waals surface area (Å²) in [4.78, 5) is 10.8. The summed E-state index contributed by atoms with van der Waals surface area (Å²) < 4.78 is 111. The molecule has 142 valence electrons. The van der Waals surface area contributed by atoms with E-state index in [9.17, 15) is 35.1 Å². The summed E-state index contributed by atoms with van der Waals surface area (Å²) in [6.45, 7) is 0. The van der Waals surface area contributed by atoms with Crippen molar-refractivity contribution in [1.29, 1.82) is 0 Å². The Morgan fingerprint density at radius 2 is 0.769 bits per heavy atom. The van der Waals surface area contributed by atoms with Crippen LogP contribution < -0.4 is 0 Å². The van der Waals surface area contributed by atoms with Gasteiger partial charge in [-0.05, 0) is 0 Å². The maximum atomic E-state index is 13.9. The SMILES string of the molecule is FC(F)(c1ncc(Cl)cn1)C(F)(F)C(F)(F)C(F)(F)c1ncc(Cl)cn1. The molecule has 0 aliphatic carbocycles. The van der Waals surface area contributed by atoms with Crippen LogP contribution in [0.3, 0.4) is 0 Å². The molecule has 0 aliphatic heterocycles. The zero-order chi connectivity index (χ0) is 20.0. The van der Waals surface area contributed by atoms with Crippen LogP contribution >= 0.6 is 23.2 Å². The summed E-state index contributed by atoms with van der Waals surface area (Å²) in [6.07, 6.45) is 1.64. The van der Waals surface area contributed by atoms with Gasteiger partial charge in [0.1, 0.15) is 0 Å². The molecular weight excluding hydrogens is 423 g/mol. The third-order valence-corrected chi connectivity index (χ3v) is 3.38. The van der Waals surface area contributed by atoms with E-state index in [1.807, 2.05) is 0 Å². The molecule has 2 aromatic heterocycles. The Bertz CT molecular complexity index is 715. The first kappa shape index (κ1) is 20.5. The van der Waals surface area contributed by atoms with E-state index in [0.717, 1.165) is 0 Å². The van der Waals surface area contributed by atoms with Crippen molar-refractivity contribution in [2.24, 2.45) is 0 Å². The molecule has 0 radical (unpaired) electrons. The maximum absolute atomic E-state index is 13.9. The molecule has 0 amide bonds. The predicted molar refractivity (Wildman–Crippen MR) is 71.8 cm³/mol. The molecule has 14 heteroatoms. The van der Waals surface area contributed by atoms with Crippen LogP contribution in [0.5, 0.6) is 0 Å². The van der Waals surface area contributed by atoms with Gasteiger partial charge in [0, 0.05) is 24.8 Å². The van der Waals surface area contributed by atoms with Gasteiger partial charge in [-0.15, -0.1) is 0 Å². The van der Waals surface area contributed by atoms with Crippen LogP contribution in [0.25, 0.3) is 0 Å². The van der Waals surface area contributed by atoms with Crippen LogP contribution in [0, 0.1) is 0 Å². The van der Waals surface area contributed by atoms with E-state index in [2.05, 4.69) is 19.9 Å². The van der Waals surface area contributed by atoms with Crippen LogP contribution in [0.2, 0.25) is 10.0 Å². The minimum absolute atomic E-state index is 0.375. The summed E-state index contributed by atoms with van der Waals surface area (Å²) in [7, 11) is 0. The summed E-state index contributed by atoms with van der Waals surface area (Å²) >= 11 is 10.6. The zero-order valence-electron chi connectivity index (χ0n) is 11.9. The number of hydrogen-bond acceptors (Lipinski definition) is 4. The number of hydrogen-bond donors (Lipinski definition) is 0. The van der Waals surface area contributed by atoms with Gasteiger partial charge >= 0.3 is 23.7 Å². The Kier molecular flexibility index (Phi) is 5.05. The topological polar surface area (TPSA) is 51.6 Å². The molecule has 0 saturated carbocycles. The van der Waals surface area contributed by atoms with Gasteiger partial charge in [-0.2, -0.15) is 35.1 Å². The maximum Gasteiger partial charge on any atom is 0.386 e. The fourth-order valence-corrected chi connectivity index (χ4v) is 1.82. The average Bonchev–Trinajstić information content (AvgIpc) is 2.55. The number of halogens is 10. The molecule has 2 heterocycles. The summed E-state index contributed by atoms with van der Waals surface area (Å²) in [6, 6.07) is 0. The van der Waals surface area contributed by atoms with Gasteiger partial charge in [0.15, 0.2) is 0 Å². The Morgan fingerprint density at radius 1 is 0.538 bits per heavy atom. The molecule has 2 rings (SSSR count). The Balaban J connectivity index is 2.53. The molecule has 0 N–H and O–H groups in total. The summed E-state index contributed by atoms with van der Waals surface area (Å²) in [5.41, 5.74) is 0. The molecule has 0 spiro atoms. The van der Waals surface area contributed by atoms with Crippen molar-refractivity contribution in [3.05, 3.63) is 46.5 Å². The highest BCUT2D eigenvalue weighted by atomic mass is 35.5. The van der Waals surface area contributed by atoms with E-state index in [1.165, 1.54) is 0 Å². The van der Waals surface area contributed by atoms with Gasteiger partial charge in [-0.3, -0.25) is 0 Å². The standard InChI is InChI=1S/C12H4Cl2F8N4/c13-5-1-23-7(24-2-5)9(15,16)11(19,20)12(21,22)10(17,18)8-25-3-6(14)4-26-8/h1-4H. The average molecular weight is 427 g/mol. The fraction of sp³-hybridized carbons (Fsp3) is 0.333. The minimum Gasteiger partial charge on any atom is -0.234 e. The quantitative estimate of drug-likeness (QED) is 0.648. The van der Waals surface area contributed by atoms with E-state index in [0.29, 0.717) is 24.8 Å². The van der Waals surface area contributed by atoms with E-state index in [4.69, 9.17) is 23.2 Å². The zero-order valence-corrected chi connectivity index (χ0v) is 13.4. The molecule has 0 atom stereocenters. The molecular formula is C12H4Cl2F8N4. The smallest absolute Gasteiger partial charge is 0.234 e. The summed E-state index contributed by atoms with van der Waals surface area (Å²) in [5.74, 6) is -29.3. The number of rotatable bonds is 5. The first-order valence-corrected chi connectivity index (χ1v) is 6.98. The minimum atomic E-state index is -6.62.